The van der Waals surface area contributed by atoms with E-state index in [9.17, 15) is 19.8 Å². The molecule has 0 aliphatic heterocycles. The zero-order valence-electron chi connectivity index (χ0n) is 21.0. The first kappa shape index (κ1) is 28.0. The molecule has 2 rings (SSSR count). The Bertz CT molecular complexity index is 950. The molecule has 2 aromatic carbocycles. The highest BCUT2D eigenvalue weighted by Crippen LogP contribution is 2.32. The summed E-state index contributed by atoms with van der Waals surface area (Å²) in [5.74, 6) is -1.01. The molecule has 0 aliphatic carbocycles. The summed E-state index contributed by atoms with van der Waals surface area (Å²) in [6, 6.07) is 16.0. The lowest BCUT2D eigenvalue weighted by atomic mass is 9.77. The molecule has 35 heavy (non-hydrogen) atoms. The number of carbonyl (C=O) groups excluding carboxylic acids is 2. The van der Waals surface area contributed by atoms with Gasteiger partial charge in [0.15, 0.2) is 0 Å². The predicted molar refractivity (Wildman–Crippen MR) is 136 cm³/mol. The van der Waals surface area contributed by atoms with Gasteiger partial charge in [0.25, 0.3) is 0 Å². The second-order valence-electron chi connectivity index (χ2n) is 9.49. The number of hydrogen-bond donors (Lipinski definition) is 2. The smallest absolute Gasteiger partial charge is 0.333 e. The normalized spacial score (nSPS) is 13.0. The molecule has 188 valence electrons. The maximum Gasteiger partial charge on any atom is 0.333 e. The van der Waals surface area contributed by atoms with E-state index in [0.29, 0.717) is 24.0 Å². The van der Waals surface area contributed by atoms with Crippen molar-refractivity contribution in [2.45, 2.75) is 58.2 Å². The van der Waals surface area contributed by atoms with Crippen molar-refractivity contribution in [3.8, 4) is 0 Å². The molecular weight excluding hydrogens is 444 g/mol. The Hall–Kier alpha value is -3.22. The lowest BCUT2D eigenvalue weighted by Gasteiger charge is -2.27. The number of rotatable bonds is 12. The summed E-state index contributed by atoms with van der Waals surface area (Å²) in [5, 5.41) is 20.3. The first-order chi connectivity index (χ1) is 16.4. The van der Waals surface area contributed by atoms with E-state index < -0.39 is 24.1 Å². The molecule has 2 unspecified atom stereocenters. The maximum absolute atomic E-state index is 11.5. The second-order valence-corrected chi connectivity index (χ2v) is 9.49. The second kappa shape index (κ2) is 12.5. The van der Waals surface area contributed by atoms with Crippen LogP contribution in [0.5, 0.6) is 0 Å². The number of ether oxygens (including phenoxy) is 2. The maximum atomic E-state index is 11.5. The van der Waals surface area contributed by atoms with Gasteiger partial charge in [-0.25, -0.2) is 9.59 Å². The van der Waals surface area contributed by atoms with Crippen molar-refractivity contribution < 1.29 is 29.3 Å². The van der Waals surface area contributed by atoms with Crippen LogP contribution in [0, 0.1) is 0 Å². The lowest BCUT2D eigenvalue weighted by Crippen LogP contribution is -2.22. The largest absolute Gasteiger partial charge is 0.460 e. The van der Waals surface area contributed by atoms with Gasteiger partial charge in [0.2, 0.25) is 0 Å². The summed E-state index contributed by atoms with van der Waals surface area (Å²) in [6.07, 6.45) is -0.820. The van der Waals surface area contributed by atoms with Crippen molar-refractivity contribution in [3.63, 3.8) is 0 Å². The lowest BCUT2D eigenvalue weighted by molar-refractivity contribution is -0.142. The van der Waals surface area contributed by atoms with Gasteiger partial charge in [0.05, 0.1) is 12.2 Å². The Labute approximate surface area is 207 Å². The van der Waals surface area contributed by atoms with Crippen molar-refractivity contribution >= 4 is 11.9 Å². The average Bonchev–Trinajstić information content (AvgIpc) is 2.81. The summed E-state index contributed by atoms with van der Waals surface area (Å²) in [5.41, 5.74) is 4.46. The molecule has 2 N–H and O–H groups in total. The highest BCUT2D eigenvalue weighted by Gasteiger charge is 2.23. The number of aliphatic hydroxyl groups excluding tert-OH is 2. The third-order valence-corrected chi connectivity index (χ3v) is 5.80. The molecule has 0 amide bonds. The van der Waals surface area contributed by atoms with E-state index in [1.165, 1.54) is 0 Å². The SMILES string of the molecule is C=C(C)C(=O)OCC(O)Cc1ccc(C(C)(C)c2ccc(CC(O)COC(=O)C(=C)C)cc2)cc1. The van der Waals surface area contributed by atoms with Crippen LogP contribution in [-0.2, 0) is 37.3 Å². The molecule has 0 fully saturated rings. The number of esters is 2. The van der Waals surface area contributed by atoms with Crippen LogP contribution in [0.15, 0.2) is 72.8 Å². The van der Waals surface area contributed by atoms with E-state index in [1.54, 1.807) is 13.8 Å². The van der Waals surface area contributed by atoms with Crippen molar-refractivity contribution in [1.82, 2.24) is 0 Å². The Balaban J connectivity index is 1.96. The average molecular weight is 481 g/mol. The molecule has 6 heteroatoms. The molecule has 0 saturated carbocycles. The summed E-state index contributed by atoms with van der Waals surface area (Å²) in [7, 11) is 0. The van der Waals surface area contributed by atoms with Gasteiger partial charge in [0, 0.05) is 29.4 Å². The summed E-state index contributed by atoms with van der Waals surface area (Å²) >= 11 is 0. The van der Waals surface area contributed by atoms with Gasteiger partial charge < -0.3 is 19.7 Å². The molecule has 0 bridgehead atoms. The Kier molecular flexibility index (Phi) is 9.99. The summed E-state index contributed by atoms with van der Waals surface area (Å²) in [4.78, 5) is 22.9. The minimum absolute atomic E-state index is 0.0731. The first-order valence-corrected chi connectivity index (χ1v) is 11.6. The van der Waals surface area contributed by atoms with Crippen molar-refractivity contribution in [1.29, 1.82) is 0 Å². The predicted octanol–water partition coefficient (Wildman–Crippen LogP) is 4.06. The van der Waals surface area contributed by atoms with Crippen LogP contribution >= 0.6 is 0 Å². The van der Waals surface area contributed by atoms with E-state index in [2.05, 4.69) is 27.0 Å². The minimum Gasteiger partial charge on any atom is -0.460 e. The van der Waals surface area contributed by atoms with Gasteiger partial charge in [-0.15, -0.1) is 0 Å². The van der Waals surface area contributed by atoms with Crippen molar-refractivity contribution in [2.24, 2.45) is 0 Å². The Morgan fingerprint density at radius 3 is 1.34 bits per heavy atom. The Morgan fingerprint density at radius 1 is 0.743 bits per heavy atom. The molecule has 6 nitrogen and oxygen atoms in total. The first-order valence-electron chi connectivity index (χ1n) is 11.6. The third-order valence-electron chi connectivity index (χ3n) is 5.80. The van der Waals surface area contributed by atoms with Crippen LogP contribution in [0.4, 0.5) is 0 Å². The highest BCUT2D eigenvalue weighted by atomic mass is 16.5. The molecule has 2 aromatic rings. The fourth-order valence-corrected chi connectivity index (χ4v) is 3.53. The van der Waals surface area contributed by atoms with Crippen LogP contribution in [-0.4, -0.2) is 47.6 Å². The minimum atomic E-state index is -0.788. The zero-order chi connectivity index (χ0) is 26.2. The molecular formula is C29H36O6. The van der Waals surface area contributed by atoms with Gasteiger partial charge in [-0.3, -0.25) is 0 Å². The number of benzene rings is 2. The van der Waals surface area contributed by atoms with Gasteiger partial charge in [0.1, 0.15) is 13.2 Å². The number of aliphatic hydroxyl groups is 2. The summed E-state index contributed by atoms with van der Waals surface area (Å²) < 4.78 is 10.0. The van der Waals surface area contributed by atoms with Crippen molar-refractivity contribution in [3.05, 3.63) is 95.1 Å². The van der Waals surface area contributed by atoms with E-state index in [4.69, 9.17) is 9.47 Å². The van der Waals surface area contributed by atoms with E-state index in [0.717, 1.165) is 22.3 Å². The molecule has 0 aromatic heterocycles. The third kappa shape index (κ3) is 8.50. The molecule has 0 aliphatic rings. The van der Waals surface area contributed by atoms with Crippen LogP contribution < -0.4 is 0 Å². The molecule has 2 atom stereocenters. The van der Waals surface area contributed by atoms with Gasteiger partial charge in [-0.2, -0.15) is 0 Å². The Morgan fingerprint density at radius 2 is 1.06 bits per heavy atom. The zero-order valence-corrected chi connectivity index (χ0v) is 21.0. The van der Waals surface area contributed by atoms with E-state index >= 15 is 0 Å². The van der Waals surface area contributed by atoms with Gasteiger partial charge in [-0.1, -0.05) is 75.5 Å². The summed E-state index contributed by atoms with van der Waals surface area (Å²) in [6.45, 7) is 14.3. The quantitative estimate of drug-likeness (QED) is 0.352. The standard InChI is InChI=1S/C29H36O6/c1-19(2)27(32)34-17-25(30)15-21-7-11-23(12-8-21)29(5,6)24-13-9-22(10-14-24)16-26(31)18-35-28(33)20(3)4/h7-14,25-26,30-31H,1,3,15-18H2,2,4-6H3. The fraction of sp³-hybridized carbons (Fsp3) is 0.379. The van der Waals surface area contributed by atoms with Gasteiger partial charge in [-0.05, 0) is 36.1 Å². The number of hydrogen-bond acceptors (Lipinski definition) is 6. The molecule has 0 heterocycles. The van der Waals surface area contributed by atoms with Crippen molar-refractivity contribution in [2.75, 3.05) is 13.2 Å². The van der Waals surface area contributed by atoms with Crippen LogP contribution in [0.2, 0.25) is 0 Å². The van der Waals surface area contributed by atoms with Crippen LogP contribution in [0.3, 0.4) is 0 Å². The van der Waals surface area contributed by atoms with Crippen LogP contribution in [0.1, 0.15) is 49.9 Å². The van der Waals surface area contributed by atoms with Crippen LogP contribution in [0.25, 0.3) is 0 Å². The fourth-order valence-electron chi connectivity index (χ4n) is 3.53. The topological polar surface area (TPSA) is 93.1 Å². The van der Waals surface area contributed by atoms with Gasteiger partial charge >= 0.3 is 11.9 Å². The molecule has 0 saturated heterocycles. The molecule has 0 spiro atoms. The highest BCUT2D eigenvalue weighted by molar-refractivity contribution is 5.87. The number of carbonyl (C=O) groups is 2. The van der Waals surface area contributed by atoms with E-state index in [1.807, 2.05) is 48.5 Å². The molecule has 0 radical (unpaired) electrons. The monoisotopic (exact) mass is 480 g/mol. The van der Waals surface area contributed by atoms with E-state index in [-0.39, 0.29) is 18.6 Å².